The van der Waals surface area contributed by atoms with Crippen LogP contribution in [0, 0.1) is 11.8 Å². The standard InChI is InChI=1S/C21H24BrN3O3/c22-14-5-8-18-16(9-14)19(17(11-23-18)20(26)13-3-4-13)25-15-6-1-12(2-7-15)10-24-21(27)28/h5,8-9,11-13,15,24H,1-4,6-7,10H2,(H,23,25)(H,27,28)/t12-,15-. The van der Waals surface area contributed by atoms with E-state index in [4.69, 9.17) is 5.11 Å². The summed E-state index contributed by atoms with van der Waals surface area (Å²) in [5.74, 6) is 0.714. The van der Waals surface area contributed by atoms with Gasteiger partial charge in [-0.3, -0.25) is 9.78 Å². The fraction of sp³-hybridized carbons (Fsp3) is 0.476. The number of rotatable bonds is 6. The van der Waals surface area contributed by atoms with Gasteiger partial charge >= 0.3 is 6.09 Å². The van der Waals surface area contributed by atoms with Crippen molar-refractivity contribution in [2.24, 2.45) is 11.8 Å². The van der Waals surface area contributed by atoms with Crippen molar-refractivity contribution in [2.75, 3.05) is 11.9 Å². The number of nitrogens with one attached hydrogen (secondary N) is 2. The number of aromatic nitrogens is 1. The fourth-order valence-corrected chi connectivity index (χ4v) is 4.38. The van der Waals surface area contributed by atoms with Crippen LogP contribution in [0.5, 0.6) is 0 Å². The summed E-state index contributed by atoms with van der Waals surface area (Å²) in [5, 5.41) is 15.9. The molecule has 148 valence electrons. The molecule has 2 aromatic rings. The average molecular weight is 446 g/mol. The van der Waals surface area contributed by atoms with Gasteiger partial charge in [-0.15, -0.1) is 0 Å². The molecule has 3 N–H and O–H groups in total. The zero-order valence-electron chi connectivity index (χ0n) is 15.6. The molecule has 2 aliphatic rings. The Labute approximate surface area is 172 Å². The molecular weight excluding hydrogens is 422 g/mol. The third-order valence-electron chi connectivity index (χ3n) is 5.78. The maximum Gasteiger partial charge on any atom is 0.404 e. The Bertz CT molecular complexity index is 905. The van der Waals surface area contributed by atoms with Crippen molar-refractivity contribution < 1.29 is 14.7 Å². The predicted molar refractivity (Wildman–Crippen MR) is 112 cm³/mol. The lowest BCUT2D eigenvalue weighted by Gasteiger charge is -2.30. The molecule has 0 radical (unpaired) electrons. The number of Topliss-reactive ketones (excluding diaryl/α,β-unsaturated/α-hetero) is 1. The number of fused-ring (bicyclic) bond motifs is 1. The Morgan fingerprint density at radius 2 is 1.89 bits per heavy atom. The van der Waals surface area contributed by atoms with Crippen LogP contribution in [0.1, 0.15) is 48.9 Å². The Morgan fingerprint density at radius 1 is 1.14 bits per heavy atom. The Hall–Kier alpha value is -2.15. The van der Waals surface area contributed by atoms with Gasteiger partial charge in [0.1, 0.15) is 0 Å². The second-order valence-electron chi connectivity index (χ2n) is 7.89. The van der Waals surface area contributed by atoms with Crippen molar-refractivity contribution >= 4 is 44.4 Å². The fourth-order valence-electron chi connectivity index (χ4n) is 4.02. The molecule has 7 heteroatoms. The summed E-state index contributed by atoms with van der Waals surface area (Å²) in [4.78, 5) is 28.1. The molecule has 0 spiro atoms. The quantitative estimate of drug-likeness (QED) is 0.553. The Balaban J connectivity index is 1.55. The summed E-state index contributed by atoms with van der Waals surface area (Å²) in [6, 6.07) is 6.22. The molecule has 2 fully saturated rings. The minimum absolute atomic E-state index is 0.143. The molecule has 0 aliphatic heterocycles. The highest BCUT2D eigenvalue weighted by Crippen LogP contribution is 2.38. The van der Waals surface area contributed by atoms with Crippen molar-refractivity contribution in [2.45, 2.75) is 44.6 Å². The van der Waals surface area contributed by atoms with E-state index in [9.17, 15) is 9.59 Å². The largest absolute Gasteiger partial charge is 0.465 e. The molecule has 1 amide bonds. The van der Waals surface area contributed by atoms with Gasteiger partial charge in [0.15, 0.2) is 5.78 Å². The monoisotopic (exact) mass is 445 g/mol. The average Bonchev–Trinajstić information content (AvgIpc) is 3.52. The first kappa shape index (κ1) is 19.2. The number of carboxylic acid groups (broad SMARTS) is 1. The summed E-state index contributed by atoms with van der Waals surface area (Å²) in [7, 11) is 0. The van der Waals surface area contributed by atoms with E-state index < -0.39 is 6.09 Å². The lowest BCUT2D eigenvalue weighted by molar-refractivity contribution is 0.0968. The lowest BCUT2D eigenvalue weighted by atomic mass is 9.85. The van der Waals surface area contributed by atoms with Gasteiger partial charge in [-0.25, -0.2) is 4.79 Å². The first-order valence-corrected chi connectivity index (χ1v) is 10.7. The van der Waals surface area contributed by atoms with Crippen molar-refractivity contribution in [1.82, 2.24) is 10.3 Å². The molecule has 1 aromatic carbocycles. The van der Waals surface area contributed by atoms with Gasteiger partial charge in [0, 0.05) is 34.6 Å². The molecule has 6 nitrogen and oxygen atoms in total. The van der Waals surface area contributed by atoms with E-state index in [1.807, 2.05) is 18.2 Å². The van der Waals surface area contributed by atoms with Crippen LogP contribution in [0.25, 0.3) is 10.9 Å². The summed E-state index contributed by atoms with van der Waals surface area (Å²) < 4.78 is 0.962. The molecule has 0 saturated heterocycles. The van der Waals surface area contributed by atoms with Gasteiger partial charge in [-0.05, 0) is 62.6 Å². The molecule has 0 atom stereocenters. The summed E-state index contributed by atoms with van der Waals surface area (Å²) in [6.07, 6.45) is 6.56. The van der Waals surface area contributed by atoms with E-state index in [0.717, 1.165) is 59.6 Å². The summed E-state index contributed by atoms with van der Waals surface area (Å²) >= 11 is 3.54. The van der Waals surface area contributed by atoms with Crippen LogP contribution in [-0.2, 0) is 0 Å². The maximum atomic E-state index is 12.8. The third-order valence-corrected chi connectivity index (χ3v) is 6.27. The van der Waals surface area contributed by atoms with E-state index in [-0.39, 0.29) is 17.7 Å². The van der Waals surface area contributed by atoms with E-state index in [1.165, 1.54) is 0 Å². The summed E-state index contributed by atoms with van der Waals surface area (Å²) in [6.45, 7) is 0.513. The number of ketones is 1. The van der Waals surface area contributed by atoms with E-state index in [0.29, 0.717) is 18.0 Å². The minimum atomic E-state index is -0.961. The van der Waals surface area contributed by atoms with Crippen molar-refractivity contribution in [1.29, 1.82) is 0 Å². The second kappa shape index (κ2) is 8.07. The van der Waals surface area contributed by atoms with Crippen LogP contribution < -0.4 is 10.6 Å². The number of benzene rings is 1. The molecule has 2 saturated carbocycles. The first-order chi connectivity index (χ1) is 13.5. The van der Waals surface area contributed by atoms with Crippen molar-refractivity contribution in [3.05, 3.63) is 34.4 Å². The van der Waals surface area contributed by atoms with Crippen LogP contribution in [0.15, 0.2) is 28.9 Å². The lowest BCUT2D eigenvalue weighted by Crippen LogP contribution is -2.33. The molecule has 1 heterocycles. The number of anilines is 1. The second-order valence-corrected chi connectivity index (χ2v) is 8.81. The third kappa shape index (κ3) is 4.29. The van der Waals surface area contributed by atoms with Gasteiger partial charge in [-0.2, -0.15) is 0 Å². The normalized spacial score (nSPS) is 22.0. The molecule has 28 heavy (non-hydrogen) atoms. The van der Waals surface area contributed by atoms with E-state index >= 15 is 0 Å². The summed E-state index contributed by atoms with van der Waals surface area (Å²) in [5.41, 5.74) is 2.47. The van der Waals surface area contributed by atoms with Gasteiger partial charge in [0.2, 0.25) is 0 Å². The number of carbonyl (C=O) groups excluding carboxylic acids is 1. The molecule has 4 rings (SSSR count). The zero-order valence-corrected chi connectivity index (χ0v) is 17.2. The van der Waals surface area contributed by atoms with Crippen LogP contribution >= 0.6 is 15.9 Å². The van der Waals surface area contributed by atoms with Gasteiger partial charge < -0.3 is 15.7 Å². The number of amides is 1. The van der Waals surface area contributed by atoms with Crippen LogP contribution in [0.4, 0.5) is 10.5 Å². The topological polar surface area (TPSA) is 91.3 Å². The number of hydrogen-bond donors (Lipinski definition) is 3. The highest BCUT2D eigenvalue weighted by Gasteiger charge is 2.33. The number of nitrogens with zero attached hydrogens (tertiary/aromatic N) is 1. The molecular formula is C21H24BrN3O3. The highest BCUT2D eigenvalue weighted by atomic mass is 79.9. The van der Waals surface area contributed by atoms with Gasteiger partial charge in [-0.1, -0.05) is 15.9 Å². The first-order valence-electron chi connectivity index (χ1n) is 9.87. The predicted octanol–water partition coefficient (Wildman–Crippen LogP) is 4.83. The van der Waals surface area contributed by atoms with Crippen molar-refractivity contribution in [3.63, 3.8) is 0 Å². The van der Waals surface area contributed by atoms with Crippen LogP contribution in [-0.4, -0.2) is 34.6 Å². The zero-order chi connectivity index (χ0) is 19.7. The van der Waals surface area contributed by atoms with Gasteiger partial charge in [0.05, 0.1) is 16.8 Å². The van der Waals surface area contributed by atoms with Gasteiger partial charge in [0.25, 0.3) is 0 Å². The smallest absolute Gasteiger partial charge is 0.404 e. The maximum absolute atomic E-state index is 12.8. The van der Waals surface area contributed by atoms with E-state index in [2.05, 4.69) is 31.5 Å². The Kier molecular flexibility index (Phi) is 5.53. The number of pyridine rings is 1. The van der Waals surface area contributed by atoms with Crippen LogP contribution in [0.3, 0.4) is 0 Å². The van der Waals surface area contributed by atoms with Crippen molar-refractivity contribution in [3.8, 4) is 0 Å². The molecule has 1 aromatic heterocycles. The number of halogens is 1. The van der Waals surface area contributed by atoms with E-state index in [1.54, 1.807) is 6.20 Å². The molecule has 2 aliphatic carbocycles. The SMILES string of the molecule is O=C(O)NC[C@H]1CC[C@H](Nc2c(C(=O)C3CC3)cnc3ccc(Br)cc23)CC1. The molecule has 0 unspecified atom stereocenters. The van der Waals surface area contributed by atoms with Crippen LogP contribution in [0.2, 0.25) is 0 Å². The number of carbonyl (C=O) groups is 2. The minimum Gasteiger partial charge on any atom is -0.465 e. The number of hydrogen-bond acceptors (Lipinski definition) is 4. The molecule has 0 bridgehead atoms. The Morgan fingerprint density at radius 3 is 2.57 bits per heavy atom. The highest BCUT2D eigenvalue weighted by molar-refractivity contribution is 9.10.